The van der Waals surface area contributed by atoms with Gasteiger partial charge in [-0.2, -0.15) is 0 Å². The number of ketones is 2. The molecule has 248 valence electrons. The molecule has 1 aromatic carbocycles. The van der Waals surface area contributed by atoms with E-state index < -0.39 is 70.1 Å². The molecule has 2 amide bonds. The molecule has 46 heavy (non-hydrogen) atoms. The Morgan fingerprint density at radius 2 is 1.70 bits per heavy atom. The number of hydrogen-bond acceptors (Lipinski definition) is 12. The molecule has 4 rings (SSSR count). The van der Waals surface area contributed by atoms with Gasteiger partial charge in [0.1, 0.15) is 22.8 Å². The first-order chi connectivity index (χ1) is 21.6. The van der Waals surface area contributed by atoms with E-state index in [0.717, 1.165) is 44.9 Å². The van der Waals surface area contributed by atoms with Crippen LogP contribution in [0.2, 0.25) is 0 Å². The van der Waals surface area contributed by atoms with Crippen molar-refractivity contribution in [3.63, 3.8) is 0 Å². The first-order valence-corrected chi connectivity index (χ1v) is 15.2. The fraction of sp³-hybridized carbons (Fsp3) is 0.515. The number of imide groups is 1. The van der Waals surface area contributed by atoms with Crippen LogP contribution in [-0.4, -0.2) is 91.8 Å². The van der Waals surface area contributed by atoms with E-state index in [9.17, 15) is 33.9 Å². The van der Waals surface area contributed by atoms with Gasteiger partial charge in [0.15, 0.2) is 0 Å². The van der Waals surface area contributed by atoms with Gasteiger partial charge in [-0.15, -0.1) is 0 Å². The van der Waals surface area contributed by atoms with Crippen molar-refractivity contribution in [2.45, 2.75) is 65.0 Å². The predicted molar refractivity (Wildman–Crippen MR) is 166 cm³/mol. The standard InChI is InChI=1S/C33H41N3O10/c1-9-10-13-44-23-12-11-22(35(5)6)20-14-19-15-21-27(36(7)8)29(45-17(3)38)26(32(43)34-16(2)37)31(42)33(21,46-18(4)39)30(41)24(19)28(40)25(20)23/h11-12,19,21,27,40H,9-10,13-15H2,1-8H3,(H,34,37,43). The van der Waals surface area contributed by atoms with Gasteiger partial charge in [-0.3, -0.25) is 39.0 Å². The maximum atomic E-state index is 14.8. The molecule has 0 spiro atoms. The molecule has 1 saturated carbocycles. The summed E-state index contributed by atoms with van der Waals surface area (Å²) in [6, 6.07) is 2.48. The Kier molecular flexibility index (Phi) is 9.76. The summed E-state index contributed by atoms with van der Waals surface area (Å²) in [5.41, 5.74) is -1.72. The maximum absolute atomic E-state index is 14.8. The van der Waals surface area contributed by atoms with Crippen LogP contribution in [0, 0.1) is 11.8 Å². The van der Waals surface area contributed by atoms with Crippen LogP contribution >= 0.6 is 0 Å². The summed E-state index contributed by atoms with van der Waals surface area (Å²) in [6.07, 6.45) is 1.91. The minimum atomic E-state index is -2.62. The number of ether oxygens (including phenoxy) is 3. The highest BCUT2D eigenvalue weighted by atomic mass is 16.6. The highest BCUT2D eigenvalue weighted by Gasteiger charge is 2.68. The summed E-state index contributed by atoms with van der Waals surface area (Å²) in [6.45, 7) is 5.54. The predicted octanol–water partition coefficient (Wildman–Crippen LogP) is 2.26. The number of likely N-dealkylation sites (N-methyl/N-ethyl adjacent to an activating group) is 1. The third-order valence-electron chi connectivity index (χ3n) is 8.57. The highest BCUT2D eigenvalue weighted by molar-refractivity contribution is 6.34. The van der Waals surface area contributed by atoms with Crippen LogP contribution in [0.1, 0.15) is 58.1 Å². The maximum Gasteiger partial charge on any atom is 0.307 e. The van der Waals surface area contributed by atoms with E-state index in [2.05, 4.69) is 0 Å². The molecule has 0 aliphatic heterocycles. The van der Waals surface area contributed by atoms with Crippen LogP contribution in [-0.2, 0) is 44.7 Å². The van der Waals surface area contributed by atoms with Crippen LogP contribution in [0.4, 0.5) is 5.69 Å². The second-order valence-corrected chi connectivity index (χ2v) is 12.3. The Balaban J connectivity index is 2.05. The van der Waals surface area contributed by atoms with Crippen LogP contribution < -0.4 is 15.0 Å². The van der Waals surface area contributed by atoms with Crippen molar-refractivity contribution < 1.29 is 48.1 Å². The normalized spacial score (nSPS) is 23.7. The number of unbranched alkanes of at least 4 members (excludes halogenated alkanes) is 1. The first kappa shape index (κ1) is 34.4. The zero-order valence-corrected chi connectivity index (χ0v) is 27.4. The van der Waals surface area contributed by atoms with E-state index in [1.165, 1.54) is 0 Å². The molecular weight excluding hydrogens is 598 g/mol. The SMILES string of the molecule is CCCCOc1ccc(N(C)C)c2c1C(O)=C1C(=O)C3(OC(C)=O)C(=O)C(C(=O)NC(C)=O)=C(OC(C)=O)C(N(C)C)C3CC1C2. The van der Waals surface area contributed by atoms with E-state index in [0.29, 0.717) is 17.9 Å². The minimum Gasteiger partial charge on any atom is -0.507 e. The number of nitrogens with zero attached hydrogens (tertiary/aromatic N) is 2. The van der Waals surface area contributed by atoms with E-state index in [-0.39, 0.29) is 24.2 Å². The lowest BCUT2D eigenvalue weighted by atomic mass is 9.56. The van der Waals surface area contributed by atoms with Crippen LogP contribution in [0.3, 0.4) is 0 Å². The van der Waals surface area contributed by atoms with Gasteiger partial charge in [0.2, 0.25) is 23.1 Å². The average Bonchev–Trinajstić information content (AvgIpc) is 2.93. The van der Waals surface area contributed by atoms with Crippen LogP contribution in [0.15, 0.2) is 29.0 Å². The summed E-state index contributed by atoms with van der Waals surface area (Å²) >= 11 is 0. The van der Waals surface area contributed by atoms with Crippen molar-refractivity contribution in [1.29, 1.82) is 0 Å². The number of Topliss-reactive ketones (excluding diaryl/α,β-unsaturated/α-hetero) is 2. The molecule has 4 unspecified atom stereocenters. The number of esters is 2. The topological polar surface area (TPSA) is 169 Å². The smallest absolute Gasteiger partial charge is 0.307 e. The minimum absolute atomic E-state index is 0.0204. The molecule has 1 fully saturated rings. The number of carbonyl (C=O) groups is 6. The van der Waals surface area contributed by atoms with Gasteiger partial charge in [0.25, 0.3) is 5.91 Å². The van der Waals surface area contributed by atoms with E-state index in [4.69, 9.17) is 14.2 Å². The van der Waals surface area contributed by atoms with Gasteiger partial charge >= 0.3 is 11.9 Å². The summed E-state index contributed by atoms with van der Waals surface area (Å²) in [7, 11) is 6.90. The van der Waals surface area contributed by atoms with Gasteiger partial charge in [-0.05, 0) is 57.0 Å². The molecule has 2 N–H and O–H groups in total. The Morgan fingerprint density at radius 3 is 2.24 bits per heavy atom. The summed E-state index contributed by atoms with van der Waals surface area (Å²) < 4.78 is 17.2. The van der Waals surface area contributed by atoms with Crippen LogP contribution in [0.25, 0.3) is 5.76 Å². The van der Waals surface area contributed by atoms with Crippen molar-refractivity contribution >= 4 is 46.8 Å². The second-order valence-electron chi connectivity index (χ2n) is 12.3. The fourth-order valence-corrected chi connectivity index (χ4v) is 6.90. The number of benzene rings is 1. The number of aliphatic hydroxyl groups is 1. The Morgan fingerprint density at radius 1 is 1.02 bits per heavy atom. The van der Waals surface area contributed by atoms with Crippen molar-refractivity contribution in [2.75, 3.05) is 39.7 Å². The molecule has 4 atom stereocenters. The third-order valence-corrected chi connectivity index (χ3v) is 8.57. The molecule has 0 saturated heterocycles. The molecule has 3 aliphatic carbocycles. The van der Waals surface area contributed by atoms with Gasteiger partial charge in [0.05, 0.1) is 18.2 Å². The fourth-order valence-electron chi connectivity index (χ4n) is 6.90. The molecule has 13 heteroatoms. The third kappa shape index (κ3) is 5.79. The van der Waals surface area contributed by atoms with Crippen molar-refractivity contribution in [3.05, 3.63) is 40.2 Å². The number of nitrogens with one attached hydrogen (secondary N) is 1. The van der Waals surface area contributed by atoms with Gasteiger partial charge in [0, 0.05) is 52.0 Å². The molecule has 0 bridgehead atoms. The molecular formula is C33H41N3O10. The number of anilines is 1. The zero-order chi connectivity index (χ0) is 34.2. The average molecular weight is 640 g/mol. The lowest BCUT2D eigenvalue weighted by Gasteiger charge is -2.52. The number of amides is 2. The first-order valence-electron chi connectivity index (χ1n) is 15.2. The number of rotatable bonds is 9. The second kappa shape index (κ2) is 13.1. The van der Waals surface area contributed by atoms with E-state index in [1.807, 2.05) is 37.3 Å². The van der Waals surface area contributed by atoms with Crippen molar-refractivity contribution in [1.82, 2.24) is 10.2 Å². The molecule has 3 aliphatic rings. The van der Waals surface area contributed by atoms with Gasteiger partial charge < -0.3 is 24.2 Å². The van der Waals surface area contributed by atoms with Crippen molar-refractivity contribution in [3.8, 4) is 5.75 Å². The van der Waals surface area contributed by atoms with E-state index in [1.54, 1.807) is 25.1 Å². The molecule has 0 radical (unpaired) electrons. The monoisotopic (exact) mass is 639 g/mol. The molecule has 13 nitrogen and oxygen atoms in total. The molecule has 0 heterocycles. The number of fused-ring (bicyclic) bond motifs is 3. The van der Waals surface area contributed by atoms with Gasteiger partial charge in [-0.1, -0.05) is 13.3 Å². The summed E-state index contributed by atoms with van der Waals surface area (Å²) in [4.78, 5) is 83.2. The van der Waals surface area contributed by atoms with E-state index >= 15 is 0 Å². The highest BCUT2D eigenvalue weighted by Crippen LogP contribution is 2.54. The molecule has 1 aromatic rings. The zero-order valence-electron chi connectivity index (χ0n) is 27.4. The number of carbonyl (C=O) groups excluding carboxylic acids is 6. The summed E-state index contributed by atoms with van der Waals surface area (Å²) in [5, 5.41) is 13.9. The largest absolute Gasteiger partial charge is 0.507 e. The Bertz CT molecular complexity index is 1570. The Hall–Kier alpha value is -4.52. The quantitative estimate of drug-likeness (QED) is 0.175. The van der Waals surface area contributed by atoms with Crippen molar-refractivity contribution in [2.24, 2.45) is 11.8 Å². The number of aliphatic hydroxyl groups excluding tert-OH is 1. The lowest BCUT2D eigenvalue weighted by Crippen LogP contribution is -2.69. The lowest BCUT2D eigenvalue weighted by molar-refractivity contribution is -0.184. The molecule has 0 aromatic heterocycles. The van der Waals surface area contributed by atoms with Crippen LogP contribution in [0.5, 0.6) is 5.75 Å². The van der Waals surface area contributed by atoms with Gasteiger partial charge in [-0.25, -0.2) is 0 Å². The summed E-state index contributed by atoms with van der Waals surface area (Å²) in [5.74, 6) is -8.34. The number of hydrogen-bond donors (Lipinski definition) is 2. The Labute approximate surface area is 267 Å².